The van der Waals surface area contributed by atoms with Crippen LogP contribution in [0.1, 0.15) is 26.5 Å². The Morgan fingerprint density at radius 1 is 1.28 bits per heavy atom. The molecular formula is C23H32N5O7P. The van der Waals surface area contributed by atoms with Gasteiger partial charge in [-0.3, -0.25) is 4.52 Å². The highest BCUT2D eigenvalue weighted by Gasteiger charge is 2.54. The normalized spacial score (nSPS) is 26.6. The zero-order valence-corrected chi connectivity index (χ0v) is 21.2. The maximum Gasteiger partial charge on any atom is 0.459 e. The first-order valence-electron chi connectivity index (χ1n) is 11.6. The van der Waals surface area contributed by atoms with Crippen molar-refractivity contribution in [1.29, 1.82) is 0 Å². The summed E-state index contributed by atoms with van der Waals surface area (Å²) in [6.07, 6.45) is -2.41. The average Bonchev–Trinajstić information content (AvgIpc) is 3.39. The van der Waals surface area contributed by atoms with Gasteiger partial charge in [0.25, 0.3) is 0 Å². The van der Waals surface area contributed by atoms with Gasteiger partial charge in [-0.05, 0) is 45.0 Å². The summed E-state index contributed by atoms with van der Waals surface area (Å²) in [5.74, 6) is 0.602. The Labute approximate surface area is 208 Å². The molecule has 0 saturated carbocycles. The van der Waals surface area contributed by atoms with E-state index in [1.54, 1.807) is 56.3 Å². The van der Waals surface area contributed by atoms with Crippen molar-refractivity contribution >= 4 is 19.1 Å². The van der Waals surface area contributed by atoms with Crippen LogP contribution in [0.2, 0.25) is 0 Å². The molecule has 0 bridgehead atoms. The van der Waals surface area contributed by atoms with Crippen molar-refractivity contribution in [3.05, 3.63) is 54.5 Å². The first-order chi connectivity index (χ1) is 17.2. The predicted octanol–water partition coefficient (Wildman–Crippen LogP) is 1.87. The van der Waals surface area contributed by atoms with E-state index in [9.17, 15) is 14.8 Å². The fraction of sp³-hybridized carbons (Fsp3) is 0.478. The number of ether oxygens (including phenoxy) is 2. The van der Waals surface area contributed by atoms with Gasteiger partial charge in [-0.25, -0.2) is 19.2 Å². The van der Waals surface area contributed by atoms with Crippen LogP contribution in [-0.2, 0) is 24.2 Å². The van der Waals surface area contributed by atoms with E-state index in [2.05, 4.69) is 15.2 Å². The van der Waals surface area contributed by atoms with Crippen LogP contribution in [0.3, 0.4) is 0 Å². The molecule has 0 aliphatic carbocycles. The van der Waals surface area contributed by atoms with Gasteiger partial charge in [-0.15, -0.1) is 0 Å². The number of fused-ring (bicyclic) bond motifs is 1. The molecule has 196 valence electrons. The summed E-state index contributed by atoms with van der Waals surface area (Å²) in [7, 11) is -3.93. The van der Waals surface area contributed by atoms with Gasteiger partial charge >= 0.3 is 7.75 Å². The number of aliphatic hydroxyl groups is 2. The number of nitrogens with two attached hydrogens (primary N) is 1. The average molecular weight is 522 g/mol. The minimum absolute atomic E-state index is 0.263. The Morgan fingerprint density at radius 3 is 2.75 bits per heavy atom. The molecule has 1 fully saturated rings. The van der Waals surface area contributed by atoms with Crippen molar-refractivity contribution < 1.29 is 33.3 Å². The first kappa shape index (κ1) is 26.5. The quantitative estimate of drug-likeness (QED) is 0.272. The molecule has 1 unspecified atom stereocenters. The molecule has 0 amide bonds. The lowest BCUT2D eigenvalue weighted by molar-refractivity contribution is -0.0874. The minimum Gasteiger partial charge on any atom is -0.413 e. The van der Waals surface area contributed by atoms with Crippen molar-refractivity contribution in [2.24, 2.45) is 0 Å². The largest absolute Gasteiger partial charge is 0.459 e. The van der Waals surface area contributed by atoms with E-state index in [1.165, 1.54) is 10.8 Å². The molecule has 0 radical (unpaired) electrons. The minimum atomic E-state index is -3.93. The zero-order chi connectivity index (χ0) is 25.9. The number of benzene rings is 1. The molecule has 0 spiro atoms. The highest BCUT2D eigenvalue weighted by atomic mass is 31.2. The summed E-state index contributed by atoms with van der Waals surface area (Å²) in [5.41, 5.74) is 5.56. The Hall–Kier alpha value is -2.57. The molecule has 1 aliphatic rings. The lowest BCUT2D eigenvalue weighted by atomic mass is 9.93. The van der Waals surface area contributed by atoms with Crippen LogP contribution < -0.4 is 15.3 Å². The maximum absolute atomic E-state index is 13.7. The van der Waals surface area contributed by atoms with Gasteiger partial charge < -0.3 is 29.9 Å². The van der Waals surface area contributed by atoms with Gasteiger partial charge in [0, 0.05) is 12.6 Å². The van der Waals surface area contributed by atoms with Gasteiger partial charge in [0.2, 0.25) is 0 Å². The van der Waals surface area contributed by atoms with E-state index >= 15 is 0 Å². The van der Waals surface area contributed by atoms with E-state index in [0.29, 0.717) is 23.6 Å². The third-order valence-corrected chi connectivity index (χ3v) is 7.68. The molecule has 5 N–H and O–H groups in total. The van der Waals surface area contributed by atoms with Crippen molar-refractivity contribution in [2.45, 2.75) is 50.7 Å². The molecule has 2 aromatic heterocycles. The lowest BCUT2D eigenvalue weighted by Crippen LogP contribution is -2.39. The predicted molar refractivity (Wildman–Crippen MR) is 131 cm³/mol. The summed E-state index contributed by atoms with van der Waals surface area (Å²) < 4.78 is 38.1. The smallest absolute Gasteiger partial charge is 0.413 e. The number of anilines is 1. The molecule has 6 atom stereocenters. The van der Waals surface area contributed by atoms with Crippen LogP contribution >= 0.6 is 7.75 Å². The van der Waals surface area contributed by atoms with Gasteiger partial charge in [0.15, 0.2) is 5.82 Å². The number of hydrogen-bond acceptors (Lipinski definition) is 10. The van der Waals surface area contributed by atoms with Gasteiger partial charge in [0.1, 0.15) is 41.5 Å². The van der Waals surface area contributed by atoms with Crippen LogP contribution in [0.5, 0.6) is 5.75 Å². The molecule has 13 heteroatoms. The standard InChI is InChI=1S/C23H32N5O7P/c1-4-32-12-15(2)27-36(31,35-16-8-6-5-7-9-16)33-13-18-20(29)21(30)23(3,34-18)19-11-10-17-22(24)25-14-26-28(17)19/h5-11,14-15,18,20-21,29-30H,4,12-13H2,1-3H3,(H,27,31)(H2,24,25,26)/t15-,18+,20+,21+,23-,36?/m0/s1. The number of aliphatic hydroxyl groups excluding tert-OH is 2. The van der Waals surface area contributed by atoms with Crippen molar-refractivity contribution in [3.8, 4) is 5.75 Å². The number of rotatable bonds is 11. The Bertz CT molecular complexity index is 1210. The third kappa shape index (κ3) is 5.40. The second-order valence-corrected chi connectivity index (χ2v) is 10.4. The van der Waals surface area contributed by atoms with E-state index in [0.717, 1.165) is 0 Å². The van der Waals surface area contributed by atoms with Crippen LogP contribution in [-0.4, -0.2) is 69.0 Å². The molecule has 4 rings (SSSR count). The third-order valence-electron chi connectivity index (χ3n) is 5.98. The Kier molecular flexibility index (Phi) is 7.96. The number of nitrogens with one attached hydrogen (secondary N) is 1. The molecule has 1 aromatic carbocycles. The second kappa shape index (κ2) is 10.8. The molecule has 1 aliphatic heterocycles. The van der Waals surface area contributed by atoms with E-state index in [1.807, 2.05) is 6.92 Å². The number of aromatic nitrogens is 3. The van der Waals surface area contributed by atoms with Crippen LogP contribution in [0.4, 0.5) is 5.82 Å². The second-order valence-electron chi connectivity index (χ2n) is 8.75. The summed E-state index contributed by atoms with van der Waals surface area (Å²) in [4.78, 5) is 3.96. The summed E-state index contributed by atoms with van der Waals surface area (Å²) >= 11 is 0. The number of nitrogen functional groups attached to an aromatic ring is 1. The van der Waals surface area contributed by atoms with Crippen LogP contribution in [0.15, 0.2) is 48.8 Å². The van der Waals surface area contributed by atoms with Crippen molar-refractivity contribution in [1.82, 2.24) is 19.7 Å². The van der Waals surface area contributed by atoms with Crippen molar-refractivity contribution in [2.75, 3.05) is 25.6 Å². The van der Waals surface area contributed by atoms with Crippen LogP contribution in [0.25, 0.3) is 5.52 Å². The van der Waals surface area contributed by atoms with E-state index < -0.39 is 31.7 Å². The molecule has 1 saturated heterocycles. The number of nitrogens with zero attached hydrogens (tertiary/aromatic N) is 3. The lowest BCUT2D eigenvalue weighted by Gasteiger charge is -2.27. The monoisotopic (exact) mass is 521 g/mol. The topological polar surface area (TPSA) is 163 Å². The Morgan fingerprint density at radius 2 is 2.03 bits per heavy atom. The Balaban J connectivity index is 1.53. The highest BCUT2D eigenvalue weighted by molar-refractivity contribution is 7.52. The van der Waals surface area contributed by atoms with E-state index in [4.69, 9.17) is 24.3 Å². The highest BCUT2D eigenvalue weighted by Crippen LogP contribution is 2.47. The van der Waals surface area contributed by atoms with E-state index in [-0.39, 0.29) is 25.1 Å². The number of para-hydroxylation sites is 1. The fourth-order valence-corrected chi connectivity index (χ4v) is 5.68. The van der Waals surface area contributed by atoms with Gasteiger partial charge in [-0.2, -0.15) is 5.10 Å². The summed E-state index contributed by atoms with van der Waals surface area (Å²) in [6, 6.07) is 11.6. The van der Waals surface area contributed by atoms with Crippen LogP contribution in [0, 0.1) is 0 Å². The zero-order valence-electron chi connectivity index (χ0n) is 20.4. The maximum atomic E-state index is 13.7. The fourth-order valence-electron chi connectivity index (χ4n) is 4.14. The number of hydrogen-bond donors (Lipinski definition) is 4. The summed E-state index contributed by atoms with van der Waals surface area (Å²) in [5, 5.41) is 28.8. The molecule has 36 heavy (non-hydrogen) atoms. The van der Waals surface area contributed by atoms with Gasteiger partial charge in [-0.1, -0.05) is 18.2 Å². The summed E-state index contributed by atoms with van der Waals surface area (Å²) in [6.45, 7) is 5.73. The first-order valence-corrected chi connectivity index (χ1v) is 13.2. The SMILES string of the molecule is CCOC[C@H](C)NP(=O)(OC[C@H]1O[C@@](C)(c2ccc3c(N)ncnn23)[C@H](O)[C@@H]1O)Oc1ccccc1. The van der Waals surface area contributed by atoms with Gasteiger partial charge in [0.05, 0.1) is 18.9 Å². The van der Waals surface area contributed by atoms with Crippen molar-refractivity contribution in [3.63, 3.8) is 0 Å². The molecule has 3 aromatic rings. The molecule has 3 heterocycles. The molecular weight excluding hydrogens is 489 g/mol. The molecule has 12 nitrogen and oxygen atoms in total.